The van der Waals surface area contributed by atoms with Crippen LogP contribution in [0.1, 0.15) is 24.7 Å². The predicted molar refractivity (Wildman–Crippen MR) is 69.5 cm³/mol. The largest absolute Gasteiger partial charge is 0.497 e. The second-order valence-corrected chi connectivity index (χ2v) is 4.19. The first-order chi connectivity index (χ1) is 8.26. The van der Waals surface area contributed by atoms with E-state index in [0.717, 1.165) is 42.0 Å². The molecule has 0 aliphatic heterocycles. The van der Waals surface area contributed by atoms with Crippen molar-refractivity contribution in [3.8, 4) is 5.75 Å². The van der Waals surface area contributed by atoms with Gasteiger partial charge >= 0.3 is 0 Å². The summed E-state index contributed by atoms with van der Waals surface area (Å²) < 4.78 is 11.1. The van der Waals surface area contributed by atoms with Crippen molar-refractivity contribution in [2.24, 2.45) is 0 Å². The summed E-state index contributed by atoms with van der Waals surface area (Å²) in [6.07, 6.45) is 1.13. The van der Waals surface area contributed by atoms with E-state index in [1.807, 2.05) is 18.2 Å². The molecule has 3 nitrogen and oxygen atoms in total. The highest BCUT2D eigenvalue weighted by molar-refractivity contribution is 5.83. The van der Waals surface area contributed by atoms with Crippen LogP contribution in [0.4, 0.5) is 0 Å². The minimum atomic E-state index is 0.788. The monoisotopic (exact) mass is 233 g/mol. The van der Waals surface area contributed by atoms with Crippen molar-refractivity contribution in [1.82, 2.24) is 5.32 Å². The summed E-state index contributed by atoms with van der Waals surface area (Å²) in [6, 6.07) is 5.91. The van der Waals surface area contributed by atoms with Crippen molar-refractivity contribution < 1.29 is 9.15 Å². The van der Waals surface area contributed by atoms with E-state index in [4.69, 9.17) is 9.15 Å². The second-order valence-electron chi connectivity index (χ2n) is 4.19. The molecule has 1 aromatic heterocycles. The van der Waals surface area contributed by atoms with Crippen LogP contribution < -0.4 is 10.1 Å². The zero-order valence-electron chi connectivity index (χ0n) is 10.7. The van der Waals surface area contributed by atoms with Crippen LogP contribution in [-0.4, -0.2) is 13.7 Å². The number of hydrogen-bond donors (Lipinski definition) is 1. The molecular weight excluding hydrogens is 214 g/mol. The Hall–Kier alpha value is -1.48. The van der Waals surface area contributed by atoms with Crippen molar-refractivity contribution >= 4 is 11.0 Å². The molecule has 17 heavy (non-hydrogen) atoms. The number of methoxy groups -OCH3 is 1. The van der Waals surface area contributed by atoms with Crippen LogP contribution >= 0.6 is 0 Å². The van der Waals surface area contributed by atoms with Crippen LogP contribution in [0.15, 0.2) is 22.6 Å². The Labute approximate surface area is 102 Å². The maximum absolute atomic E-state index is 5.83. The zero-order valence-corrected chi connectivity index (χ0v) is 10.7. The number of nitrogens with one attached hydrogen (secondary N) is 1. The molecule has 0 atom stereocenters. The molecule has 2 rings (SSSR count). The van der Waals surface area contributed by atoms with Gasteiger partial charge in [-0.2, -0.15) is 0 Å². The fourth-order valence-corrected chi connectivity index (χ4v) is 1.92. The number of aryl methyl sites for hydroxylation is 1. The van der Waals surface area contributed by atoms with Crippen molar-refractivity contribution in [3.05, 3.63) is 29.5 Å². The predicted octanol–water partition coefficient (Wildman–Crippen LogP) is 3.25. The fraction of sp³-hybridized carbons (Fsp3) is 0.429. The Morgan fingerprint density at radius 3 is 2.88 bits per heavy atom. The number of furan rings is 1. The summed E-state index contributed by atoms with van der Waals surface area (Å²) in [5, 5.41) is 4.49. The number of fused-ring (bicyclic) bond motifs is 1. The van der Waals surface area contributed by atoms with Gasteiger partial charge in [-0.25, -0.2) is 0 Å². The highest BCUT2D eigenvalue weighted by Gasteiger charge is 2.10. The number of rotatable bonds is 5. The molecule has 1 N–H and O–H groups in total. The lowest BCUT2D eigenvalue weighted by Crippen LogP contribution is -2.13. The minimum Gasteiger partial charge on any atom is -0.497 e. The maximum atomic E-state index is 5.83. The summed E-state index contributed by atoms with van der Waals surface area (Å²) in [5.74, 6) is 1.89. The van der Waals surface area contributed by atoms with Gasteiger partial charge < -0.3 is 14.5 Å². The first kappa shape index (κ1) is 12.0. The fourth-order valence-electron chi connectivity index (χ4n) is 1.92. The average molecular weight is 233 g/mol. The van der Waals surface area contributed by atoms with Crippen molar-refractivity contribution in [2.75, 3.05) is 13.7 Å². The van der Waals surface area contributed by atoms with Crippen molar-refractivity contribution in [1.29, 1.82) is 0 Å². The van der Waals surface area contributed by atoms with Crippen LogP contribution in [0, 0.1) is 6.92 Å². The Kier molecular flexibility index (Phi) is 3.69. The van der Waals surface area contributed by atoms with E-state index < -0.39 is 0 Å². The van der Waals surface area contributed by atoms with Crippen molar-refractivity contribution in [3.63, 3.8) is 0 Å². The molecule has 0 spiro atoms. The number of ether oxygens (including phenoxy) is 1. The third-order valence-electron chi connectivity index (χ3n) is 2.95. The lowest BCUT2D eigenvalue weighted by Gasteiger charge is -2.00. The Morgan fingerprint density at radius 2 is 2.18 bits per heavy atom. The molecule has 1 aromatic carbocycles. The molecule has 0 saturated carbocycles. The van der Waals surface area contributed by atoms with Crippen molar-refractivity contribution in [2.45, 2.75) is 26.8 Å². The van der Waals surface area contributed by atoms with Gasteiger partial charge in [0.25, 0.3) is 0 Å². The summed E-state index contributed by atoms with van der Waals surface area (Å²) in [6.45, 7) is 6.05. The quantitative estimate of drug-likeness (QED) is 0.805. The molecule has 1 heterocycles. The van der Waals surface area contributed by atoms with Gasteiger partial charge in [-0.15, -0.1) is 0 Å². The van der Waals surface area contributed by atoms with E-state index in [2.05, 4.69) is 19.2 Å². The third kappa shape index (κ3) is 2.44. The second kappa shape index (κ2) is 5.23. The topological polar surface area (TPSA) is 34.4 Å². The molecule has 2 aromatic rings. The molecule has 0 saturated heterocycles. The van der Waals surface area contributed by atoms with Gasteiger partial charge in [0.15, 0.2) is 0 Å². The zero-order chi connectivity index (χ0) is 12.3. The molecule has 92 valence electrons. The molecule has 0 amide bonds. The van der Waals surface area contributed by atoms with E-state index in [9.17, 15) is 0 Å². The normalized spacial score (nSPS) is 11.0. The molecular formula is C14H19NO2. The maximum Gasteiger partial charge on any atom is 0.134 e. The standard InChI is InChI=1S/C14H19NO2/c1-4-7-15-9-14-10(2)12-8-11(16-3)5-6-13(12)17-14/h5-6,8,15H,4,7,9H2,1-3H3. The van der Waals surface area contributed by atoms with Crippen LogP contribution in [0.2, 0.25) is 0 Å². The average Bonchev–Trinajstić information content (AvgIpc) is 2.66. The van der Waals surface area contributed by atoms with Gasteiger partial charge in [0, 0.05) is 5.39 Å². The van der Waals surface area contributed by atoms with E-state index in [1.54, 1.807) is 7.11 Å². The van der Waals surface area contributed by atoms with E-state index >= 15 is 0 Å². The van der Waals surface area contributed by atoms with Crippen LogP contribution in [0.25, 0.3) is 11.0 Å². The van der Waals surface area contributed by atoms with E-state index in [-0.39, 0.29) is 0 Å². The molecule has 0 bridgehead atoms. The van der Waals surface area contributed by atoms with Gasteiger partial charge in [-0.1, -0.05) is 6.92 Å². The molecule has 3 heteroatoms. The van der Waals surface area contributed by atoms with Crippen LogP contribution in [0.3, 0.4) is 0 Å². The molecule has 0 fully saturated rings. The Balaban J connectivity index is 2.29. The van der Waals surface area contributed by atoms with Gasteiger partial charge in [-0.05, 0) is 43.7 Å². The highest BCUT2D eigenvalue weighted by Crippen LogP contribution is 2.28. The molecule has 0 radical (unpaired) electrons. The van der Waals surface area contributed by atoms with E-state index in [0.29, 0.717) is 0 Å². The van der Waals surface area contributed by atoms with Crippen LogP contribution in [0.5, 0.6) is 5.75 Å². The first-order valence-electron chi connectivity index (χ1n) is 6.03. The number of benzene rings is 1. The molecule has 0 aliphatic rings. The van der Waals surface area contributed by atoms with Gasteiger partial charge in [0.05, 0.1) is 13.7 Å². The summed E-state index contributed by atoms with van der Waals surface area (Å²) in [5.41, 5.74) is 2.12. The van der Waals surface area contributed by atoms with Gasteiger partial charge in [0.1, 0.15) is 17.1 Å². The minimum absolute atomic E-state index is 0.788. The highest BCUT2D eigenvalue weighted by atomic mass is 16.5. The Bertz CT molecular complexity index is 502. The summed E-state index contributed by atoms with van der Waals surface area (Å²) in [4.78, 5) is 0. The van der Waals surface area contributed by atoms with E-state index in [1.165, 1.54) is 5.56 Å². The first-order valence-corrected chi connectivity index (χ1v) is 6.03. The Morgan fingerprint density at radius 1 is 1.35 bits per heavy atom. The lowest BCUT2D eigenvalue weighted by atomic mass is 10.1. The lowest BCUT2D eigenvalue weighted by molar-refractivity contribution is 0.415. The summed E-state index contributed by atoms with van der Waals surface area (Å²) in [7, 11) is 1.68. The smallest absolute Gasteiger partial charge is 0.134 e. The van der Waals surface area contributed by atoms with Gasteiger partial charge in [-0.3, -0.25) is 0 Å². The SMILES string of the molecule is CCCNCc1oc2ccc(OC)cc2c1C. The third-order valence-corrected chi connectivity index (χ3v) is 2.95. The van der Waals surface area contributed by atoms with Crippen LogP contribution in [-0.2, 0) is 6.54 Å². The number of hydrogen-bond acceptors (Lipinski definition) is 3. The summed E-state index contributed by atoms with van der Waals surface area (Å²) >= 11 is 0. The molecule has 0 unspecified atom stereocenters. The van der Waals surface area contributed by atoms with Gasteiger partial charge in [0.2, 0.25) is 0 Å². The molecule has 0 aliphatic carbocycles.